The molecule has 0 radical (unpaired) electrons. The first-order valence-electron chi connectivity index (χ1n) is 6.73. The van der Waals surface area contributed by atoms with Crippen LogP contribution in [0.1, 0.15) is 39.5 Å². The van der Waals surface area contributed by atoms with Gasteiger partial charge in [0.1, 0.15) is 0 Å². The van der Waals surface area contributed by atoms with E-state index in [1.165, 1.54) is 0 Å². The first-order chi connectivity index (χ1) is 8.49. The molecule has 1 atom stereocenters. The molecule has 5 nitrogen and oxygen atoms in total. The topological polar surface area (TPSA) is 69.6 Å². The van der Waals surface area contributed by atoms with Crippen LogP contribution in [0, 0.1) is 11.8 Å². The van der Waals surface area contributed by atoms with Crippen molar-refractivity contribution in [2.75, 3.05) is 19.6 Å². The fraction of sp³-hybridized carbons (Fsp3) is 0.846. The molecule has 0 aliphatic carbocycles. The summed E-state index contributed by atoms with van der Waals surface area (Å²) in [6.45, 7) is 6.42. The molecule has 1 heterocycles. The molecule has 1 fully saturated rings. The number of carboxylic acid groups (broad SMARTS) is 1. The molecule has 2 N–H and O–H groups in total. The van der Waals surface area contributed by atoms with E-state index in [9.17, 15) is 9.59 Å². The standard InChI is InChI=1S/C13H24N2O3/c1-10(2)5-7-14-13(18)15-8-6-11(9-15)3-4-12(16)17/h10-11H,3-9H2,1-2H3,(H,14,18)(H,16,17). The lowest BCUT2D eigenvalue weighted by Crippen LogP contribution is -2.39. The lowest BCUT2D eigenvalue weighted by atomic mass is 10.0. The van der Waals surface area contributed by atoms with E-state index in [0.717, 1.165) is 19.4 Å². The van der Waals surface area contributed by atoms with Crippen molar-refractivity contribution < 1.29 is 14.7 Å². The van der Waals surface area contributed by atoms with Gasteiger partial charge in [-0.3, -0.25) is 4.79 Å². The molecule has 2 amide bonds. The average Bonchev–Trinajstić information content (AvgIpc) is 2.74. The van der Waals surface area contributed by atoms with Crippen molar-refractivity contribution in [2.24, 2.45) is 11.8 Å². The molecule has 18 heavy (non-hydrogen) atoms. The highest BCUT2D eigenvalue weighted by atomic mass is 16.4. The van der Waals surface area contributed by atoms with Crippen molar-refractivity contribution >= 4 is 12.0 Å². The Kier molecular flexibility index (Phi) is 5.95. The number of carbonyl (C=O) groups is 2. The molecule has 1 aliphatic rings. The number of nitrogens with one attached hydrogen (secondary N) is 1. The summed E-state index contributed by atoms with van der Waals surface area (Å²) in [7, 11) is 0. The minimum absolute atomic E-state index is 0.00604. The molecule has 104 valence electrons. The molecule has 0 aromatic heterocycles. The Balaban J connectivity index is 2.20. The molecule has 1 saturated heterocycles. The number of urea groups is 1. The molecule has 1 unspecified atom stereocenters. The third kappa shape index (κ3) is 5.38. The molecule has 0 saturated carbocycles. The van der Waals surface area contributed by atoms with Gasteiger partial charge < -0.3 is 15.3 Å². The van der Waals surface area contributed by atoms with Crippen LogP contribution in [0.2, 0.25) is 0 Å². The number of hydrogen-bond donors (Lipinski definition) is 2. The van der Waals surface area contributed by atoms with E-state index in [1.807, 2.05) is 0 Å². The maximum absolute atomic E-state index is 11.8. The monoisotopic (exact) mass is 256 g/mol. The van der Waals surface area contributed by atoms with Gasteiger partial charge in [-0.1, -0.05) is 13.8 Å². The minimum Gasteiger partial charge on any atom is -0.481 e. The van der Waals surface area contributed by atoms with E-state index in [1.54, 1.807) is 4.90 Å². The lowest BCUT2D eigenvalue weighted by molar-refractivity contribution is -0.137. The Morgan fingerprint density at radius 2 is 2.17 bits per heavy atom. The van der Waals surface area contributed by atoms with Gasteiger partial charge in [-0.15, -0.1) is 0 Å². The predicted octanol–water partition coefficient (Wildman–Crippen LogP) is 1.93. The Morgan fingerprint density at radius 1 is 1.44 bits per heavy atom. The maximum atomic E-state index is 11.8. The summed E-state index contributed by atoms with van der Waals surface area (Å²) in [5, 5.41) is 11.5. The summed E-state index contributed by atoms with van der Waals surface area (Å²) in [4.78, 5) is 24.1. The zero-order chi connectivity index (χ0) is 13.5. The number of rotatable bonds is 6. The summed E-state index contributed by atoms with van der Waals surface area (Å²) in [6, 6.07) is -0.00604. The van der Waals surface area contributed by atoms with Crippen LogP contribution in [0.15, 0.2) is 0 Å². The molecular formula is C13H24N2O3. The molecular weight excluding hydrogens is 232 g/mol. The third-order valence-corrected chi connectivity index (χ3v) is 3.34. The van der Waals surface area contributed by atoms with Crippen molar-refractivity contribution in [1.82, 2.24) is 10.2 Å². The van der Waals surface area contributed by atoms with Gasteiger partial charge >= 0.3 is 12.0 Å². The summed E-state index contributed by atoms with van der Waals surface area (Å²) in [6.07, 6.45) is 2.78. The highest BCUT2D eigenvalue weighted by Gasteiger charge is 2.26. The lowest BCUT2D eigenvalue weighted by Gasteiger charge is -2.17. The van der Waals surface area contributed by atoms with Crippen LogP contribution in [-0.4, -0.2) is 41.6 Å². The van der Waals surface area contributed by atoms with Crippen molar-refractivity contribution in [3.05, 3.63) is 0 Å². The van der Waals surface area contributed by atoms with Gasteiger partial charge in [-0.25, -0.2) is 4.79 Å². The molecule has 5 heteroatoms. The molecule has 1 rings (SSSR count). The Morgan fingerprint density at radius 3 is 2.78 bits per heavy atom. The van der Waals surface area contributed by atoms with Gasteiger partial charge in [-0.05, 0) is 31.1 Å². The third-order valence-electron chi connectivity index (χ3n) is 3.34. The van der Waals surface area contributed by atoms with Crippen molar-refractivity contribution in [3.8, 4) is 0 Å². The number of carboxylic acids is 1. The Labute approximate surface area is 109 Å². The first kappa shape index (κ1) is 14.8. The average molecular weight is 256 g/mol. The van der Waals surface area contributed by atoms with Gasteiger partial charge in [0, 0.05) is 26.1 Å². The van der Waals surface area contributed by atoms with Gasteiger partial charge in [0.15, 0.2) is 0 Å². The van der Waals surface area contributed by atoms with Crippen LogP contribution in [0.5, 0.6) is 0 Å². The molecule has 0 spiro atoms. The van der Waals surface area contributed by atoms with Crippen LogP contribution in [0.25, 0.3) is 0 Å². The van der Waals surface area contributed by atoms with Crippen LogP contribution in [-0.2, 0) is 4.79 Å². The fourth-order valence-electron chi connectivity index (χ4n) is 2.16. The van der Waals surface area contributed by atoms with Gasteiger partial charge in [-0.2, -0.15) is 0 Å². The largest absolute Gasteiger partial charge is 0.481 e. The molecule has 0 aromatic carbocycles. The smallest absolute Gasteiger partial charge is 0.317 e. The van der Waals surface area contributed by atoms with Crippen LogP contribution in [0.4, 0.5) is 4.79 Å². The predicted molar refractivity (Wildman–Crippen MR) is 69.4 cm³/mol. The summed E-state index contributed by atoms with van der Waals surface area (Å²) >= 11 is 0. The van der Waals surface area contributed by atoms with E-state index < -0.39 is 5.97 Å². The molecule has 1 aliphatic heterocycles. The molecule has 0 aromatic rings. The normalized spacial score (nSPS) is 19.3. The van der Waals surface area contributed by atoms with Crippen molar-refractivity contribution in [3.63, 3.8) is 0 Å². The van der Waals surface area contributed by atoms with E-state index in [2.05, 4.69) is 19.2 Å². The second-order valence-electron chi connectivity index (χ2n) is 5.45. The van der Waals surface area contributed by atoms with E-state index in [4.69, 9.17) is 5.11 Å². The maximum Gasteiger partial charge on any atom is 0.317 e. The first-order valence-corrected chi connectivity index (χ1v) is 6.73. The fourth-order valence-corrected chi connectivity index (χ4v) is 2.16. The van der Waals surface area contributed by atoms with E-state index in [0.29, 0.717) is 31.3 Å². The van der Waals surface area contributed by atoms with Crippen molar-refractivity contribution in [1.29, 1.82) is 0 Å². The van der Waals surface area contributed by atoms with Gasteiger partial charge in [0.05, 0.1) is 0 Å². The van der Waals surface area contributed by atoms with Gasteiger partial charge in [0.2, 0.25) is 0 Å². The SMILES string of the molecule is CC(C)CCNC(=O)N1CCC(CCC(=O)O)C1. The van der Waals surface area contributed by atoms with Crippen molar-refractivity contribution in [2.45, 2.75) is 39.5 Å². The van der Waals surface area contributed by atoms with Crippen LogP contribution in [0.3, 0.4) is 0 Å². The van der Waals surface area contributed by atoms with E-state index in [-0.39, 0.29) is 12.5 Å². The zero-order valence-corrected chi connectivity index (χ0v) is 11.3. The van der Waals surface area contributed by atoms with Gasteiger partial charge in [0.25, 0.3) is 0 Å². The number of amides is 2. The summed E-state index contributed by atoms with van der Waals surface area (Å²) < 4.78 is 0. The number of nitrogens with zero attached hydrogens (tertiary/aromatic N) is 1. The highest BCUT2D eigenvalue weighted by molar-refractivity contribution is 5.74. The van der Waals surface area contributed by atoms with E-state index >= 15 is 0 Å². The number of likely N-dealkylation sites (tertiary alicyclic amines) is 1. The number of aliphatic carboxylic acids is 1. The number of carbonyl (C=O) groups excluding carboxylic acids is 1. The second kappa shape index (κ2) is 7.24. The second-order valence-corrected chi connectivity index (χ2v) is 5.45. The Bertz CT molecular complexity index is 292. The summed E-state index contributed by atoms with van der Waals surface area (Å²) in [5.41, 5.74) is 0. The quantitative estimate of drug-likeness (QED) is 0.763. The summed E-state index contributed by atoms with van der Waals surface area (Å²) in [5.74, 6) is 0.180. The highest BCUT2D eigenvalue weighted by Crippen LogP contribution is 2.20. The number of hydrogen-bond acceptors (Lipinski definition) is 2. The van der Waals surface area contributed by atoms with Crippen LogP contribution < -0.4 is 5.32 Å². The van der Waals surface area contributed by atoms with Crippen LogP contribution >= 0.6 is 0 Å². The minimum atomic E-state index is -0.755. The zero-order valence-electron chi connectivity index (χ0n) is 11.3. The molecule has 0 bridgehead atoms. The Hall–Kier alpha value is -1.26.